The van der Waals surface area contributed by atoms with Crippen LogP contribution >= 0.6 is 11.3 Å². The Labute approximate surface area is 87.5 Å². The molecule has 0 atom stereocenters. The molecule has 0 aliphatic carbocycles. The van der Waals surface area contributed by atoms with Crippen molar-refractivity contribution in [1.82, 2.24) is 5.32 Å². The van der Waals surface area contributed by atoms with Crippen LogP contribution in [0.25, 0.3) is 0 Å². The van der Waals surface area contributed by atoms with E-state index in [0.717, 1.165) is 24.3 Å². The Morgan fingerprint density at radius 3 is 2.71 bits per heavy atom. The Bertz CT molecular complexity index is 355. The molecule has 1 aliphatic rings. The van der Waals surface area contributed by atoms with Gasteiger partial charge in [0.05, 0.1) is 11.1 Å². The fourth-order valence-electron chi connectivity index (χ4n) is 1.42. The van der Waals surface area contributed by atoms with Gasteiger partial charge in [0.25, 0.3) is 0 Å². The van der Waals surface area contributed by atoms with Gasteiger partial charge in [-0.15, -0.1) is 11.3 Å². The van der Waals surface area contributed by atoms with Crippen molar-refractivity contribution in [2.45, 2.75) is 13.8 Å². The van der Waals surface area contributed by atoms with Crippen molar-refractivity contribution in [1.29, 1.82) is 0 Å². The molecule has 1 amide bonds. The highest BCUT2D eigenvalue weighted by atomic mass is 32.1. The molecule has 76 valence electrons. The van der Waals surface area contributed by atoms with Gasteiger partial charge in [-0.1, -0.05) is 0 Å². The van der Waals surface area contributed by atoms with Crippen LogP contribution in [0.3, 0.4) is 0 Å². The minimum absolute atomic E-state index is 0.123. The number of anilines is 1. The van der Waals surface area contributed by atoms with Gasteiger partial charge in [-0.2, -0.15) is 0 Å². The minimum atomic E-state index is -0.214. The summed E-state index contributed by atoms with van der Waals surface area (Å²) in [4.78, 5) is 11.8. The Hall–Kier alpha value is -0.870. The molecule has 2 N–H and O–H groups in total. The Kier molecular flexibility index (Phi) is 2.33. The first-order valence-electron chi connectivity index (χ1n) is 4.67. The standard InChI is InChI=1S/C10H14N2OS/c1-7-3-14-4-8(7)12-9(13)10(2)5-11-6-10/h3-4,11H,5-6H2,1-2H3,(H,12,13). The van der Waals surface area contributed by atoms with Gasteiger partial charge < -0.3 is 10.6 Å². The molecule has 1 saturated heterocycles. The van der Waals surface area contributed by atoms with Crippen LogP contribution in [-0.2, 0) is 4.79 Å². The Balaban J connectivity index is 2.05. The number of hydrogen-bond acceptors (Lipinski definition) is 3. The smallest absolute Gasteiger partial charge is 0.232 e. The van der Waals surface area contributed by atoms with Gasteiger partial charge in [0.15, 0.2) is 0 Å². The summed E-state index contributed by atoms with van der Waals surface area (Å²) in [6.07, 6.45) is 0. The third-order valence-electron chi connectivity index (χ3n) is 2.68. The molecule has 0 aromatic carbocycles. The molecule has 0 saturated carbocycles. The van der Waals surface area contributed by atoms with E-state index in [-0.39, 0.29) is 11.3 Å². The number of thiophene rings is 1. The molecule has 1 aromatic rings. The highest BCUT2D eigenvalue weighted by molar-refractivity contribution is 7.08. The molecular weight excluding hydrogens is 196 g/mol. The van der Waals surface area contributed by atoms with E-state index in [1.54, 1.807) is 11.3 Å². The van der Waals surface area contributed by atoms with Gasteiger partial charge in [0.2, 0.25) is 5.91 Å². The van der Waals surface area contributed by atoms with Crippen LogP contribution in [0, 0.1) is 12.3 Å². The SMILES string of the molecule is Cc1cscc1NC(=O)C1(C)CNC1. The second kappa shape index (κ2) is 3.37. The summed E-state index contributed by atoms with van der Waals surface area (Å²) in [6, 6.07) is 0. The molecule has 0 unspecified atom stereocenters. The Morgan fingerprint density at radius 2 is 2.29 bits per heavy atom. The second-order valence-corrected chi connectivity index (χ2v) is 4.83. The topological polar surface area (TPSA) is 41.1 Å². The van der Waals surface area contributed by atoms with Crippen LogP contribution in [0.5, 0.6) is 0 Å². The number of amides is 1. The number of rotatable bonds is 2. The highest BCUT2D eigenvalue weighted by Gasteiger charge is 2.39. The maximum absolute atomic E-state index is 11.8. The normalized spacial score (nSPS) is 18.7. The lowest BCUT2D eigenvalue weighted by atomic mass is 9.83. The second-order valence-electron chi connectivity index (χ2n) is 4.09. The van der Waals surface area contributed by atoms with E-state index in [1.807, 2.05) is 24.6 Å². The molecule has 3 nitrogen and oxygen atoms in total. The lowest BCUT2D eigenvalue weighted by Crippen LogP contribution is -2.58. The van der Waals surface area contributed by atoms with E-state index in [2.05, 4.69) is 10.6 Å². The Morgan fingerprint density at radius 1 is 1.57 bits per heavy atom. The number of aryl methyl sites for hydroxylation is 1. The van der Waals surface area contributed by atoms with Crippen LogP contribution in [0.2, 0.25) is 0 Å². The average Bonchev–Trinajstić information content (AvgIpc) is 2.48. The molecule has 14 heavy (non-hydrogen) atoms. The van der Waals surface area contributed by atoms with Crippen molar-refractivity contribution in [2.24, 2.45) is 5.41 Å². The zero-order valence-corrected chi connectivity index (χ0v) is 9.20. The zero-order valence-electron chi connectivity index (χ0n) is 8.39. The van der Waals surface area contributed by atoms with Gasteiger partial charge in [0, 0.05) is 18.5 Å². The molecule has 0 spiro atoms. The molecule has 0 bridgehead atoms. The van der Waals surface area contributed by atoms with E-state index in [4.69, 9.17) is 0 Å². The molecule has 1 aliphatic heterocycles. The minimum Gasteiger partial charge on any atom is -0.325 e. The summed E-state index contributed by atoms with van der Waals surface area (Å²) in [6.45, 7) is 5.55. The summed E-state index contributed by atoms with van der Waals surface area (Å²) in [5.74, 6) is 0.123. The first kappa shape index (κ1) is 9.68. The van der Waals surface area contributed by atoms with Crippen molar-refractivity contribution in [3.05, 3.63) is 16.3 Å². The van der Waals surface area contributed by atoms with Crippen molar-refractivity contribution in [3.63, 3.8) is 0 Å². The van der Waals surface area contributed by atoms with Crippen LogP contribution in [0.1, 0.15) is 12.5 Å². The average molecular weight is 210 g/mol. The third kappa shape index (κ3) is 1.55. The monoisotopic (exact) mass is 210 g/mol. The van der Waals surface area contributed by atoms with Gasteiger partial charge in [-0.3, -0.25) is 4.79 Å². The van der Waals surface area contributed by atoms with Crippen LogP contribution in [-0.4, -0.2) is 19.0 Å². The first-order valence-corrected chi connectivity index (χ1v) is 5.61. The van der Waals surface area contributed by atoms with E-state index < -0.39 is 0 Å². The van der Waals surface area contributed by atoms with Crippen molar-refractivity contribution >= 4 is 22.9 Å². The summed E-state index contributed by atoms with van der Waals surface area (Å²) < 4.78 is 0. The summed E-state index contributed by atoms with van der Waals surface area (Å²) in [5.41, 5.74) is 1.88. The van der Waals surface area contributed by atoms with Crippen molar-refractivity contribution in [3.8, 4) is 0 Å². The lowest BCUT2D eigenvalue weighted by Gasteiger charge is -2.37. The van der Waals surface area contributed by atoms with Gasteiger partial charge in [0.1, 0.15) is 0 Å². The summed E-state index contributed by atoms with van der Waals surface area (Å²) in [7, 11) is 0. The third-order valence-corrected chi connectivity index (χ3v) is 3.54. The molecule has 1 fully saturated rings. The van der Waals surface area contributed by atoms with Gasteiger partial charge >= 0.3 is 0 Å². The fourth-order valence-corrected chi connectivity index (χ4v) is 2.20. The maximum Gasteiger partial charge on any atom is 0.232 e. The fraction of sp³-hybridized carbons (Fsp3) is 0.500. The van der Waals surface area contributed by atoms with E-state index >= 15 is 0 Å². The zero-order chi connectivity index (χ0) is 10.2. The molecule has 4 heteroatoms. The maximum atomic E-state index is 11.8. The number of carbonyl (C=O) groups is 1. The number of carbonyl (C=O) groups excluding carboxylic acids is 1. The summed E-state index contributed by atoms with van der Waals surface area (Å²) in [5, 5.41) is 10.1. The van der Waals surface area contributed by atoms with Crippen LogP contribution in [0.4, 0.5) is 5.69 Å². The van der Waals surface area contributed by atoms with Crippen LogP contribution in [0.15, 0.2) is 10.8 Å². The predicted octanol–water partition coefficient (Wildman–Crippen LogP) is 1.60. The van der Waals surface area contributed by atoms with E-state index in [1.165, 1.54) is 0 Å². The summed E-state index contributed by atoms with van der Waals surface area (Å²) >= 11 is 1.61. The van der Waals surface area contributed by atoms with Gasteiger partial charge in [-0.25, -0.2) is 0 Å². The largest absolute Gasteiger partial charge is 0.325 e. The van der Waals surface area contributed by atoms with Gasteiger partial charge in [-0.05, 0) is 24.8 Å². The number of nitrogens with one attached hydrogen (secondary N) is 2. The quantitative estimate of drug-likeness (QED) is 0.778. The first-order chi connectivity index (χ1) is 6.62. The van der Waals surface area contributed by atoms with Crippen molar-refractivity contribution < 1.29 is 4.79 Å². The highest BCUT2D eigenvalue weighted by Crippen LogP contribution is 2.26. The predicted molar refractivity (Wildman–Crippen MR) is 58.7 cm³/mol. The van der Waals surface area contributed by atoms with E-state index in [9.17, 15) is 4.79 Å². The van der Waals surface area contributed by atoms with E-state index in [0.29, 0.717) is 0 Å². The molecule has 2 heterocycles. The van der Waals surface area contributed by atoms with Crippen LogP contribution < -0.4 is 10.6 Å². The lowest BCUT2D eigenvalue weighted by molar-refractivity contribution is -0.127. The number of hydrogen-bond donors (Lipinski definition) is 2. The molecular formula is C10H14N2OS. The molecule has 2 rings (SSSR count). The molecule has 1 aromatic heterocycles. The van der Waals surface area contributed by atoms with Crippen molar-refractivity contribution in [2.75, 3.05) is 18.4 Å². The molecule has 0 radical (unpaired) electrons.